The Balaban J connectivity index is 0. The molecule has 5 heavy (non-hydrogen) atoms. The summed E-state index contributed by atoms with van der Waals surface area (Å²) in [6.45, 7) is 1.94. The molecule has 0 saturated heterocycles. The molecule has 0 nitrogen and oxygen atoms in total. The summed E-state index contributed by atoms with van der Waals surface area (Å²) in [5, 5.41) is 0. The van der Waals surface area contributed by atoms with E-state index in [0.717, 1.165) is 6.42 Å². The fourth-order valence-electron chi connectivity index (χ4n) is 0. The fraction of sp³-hybridized carbons (Fsp3) is 0.500. The lowest BCUT2D eigenvalue weighted by molar-refractivity contribution is 1.28. The summed E-state index contributed by atoms with van der Waals surface area (Å²) < 4.78 is 0. The summed E-state index contributed by atoms with van der Waals surface area (Å²) in [6, 6.07) is 0. The first-order chi connectivity index (χ1) is 1.91. The van der Waals surface area contributed by atoms with Crippen molar-refractivity contribution in [3.63, 3.8) is 0 Å². The molecule has 0 aliphatic heterocycles. The Kier molecular flexibility index (Phi) is 16.3. The molecule has 0 unspecified atom stereocenters. The van der Waals surface area contributed by atoms with Gasteiger partial charge in [0.25, 0.3) is 0 Å². The van der Waals surface area contributed by atoms with Crippen molar-refractivity contribution in [2.45, 2.75) is 13.3 Å². The van der Waals surface area contributed by atoms with E-state index in [4.69, 9.17) is 6.42 Å². The first-order valence-electron chi connectivity index (χ1n) is 1.35. The van der Waals surface area contributed by atoms with E-state index in [2.05, 4.69) is 5.92 Å². The number of hydrogen-bond acceptors (Lipinski definition) is 0. The van der Waals surface area contributed by atoms with E-state index in [1.54, 1.807) is 0 Å². The van der Waals surface area contributed by atoms with Gasteiger partial charge in [-0.15, -0.1) is 12.3 Å². The van der Waals surface area contributed by atoms with Gasteiger partial charge in [0.2, 0.25) is 0 Å². The highest BCUT2D eigenvalue weighted by Crippen LogP contribution is 1.58. The van der Waals surface area contributed by atoms with Gasteiger partial charge < -0.3 is 0 Å². The molecule has 0 saturated carbocycles. The minimum Gasteiger partial charge on any atom is -0.120 e. The van der Waals surface area contributed by atoms with Crippen LogP contribution in [0.1, 0.15) is 13.3 Å². The highest BCUT2D eigenvalue weighted by Gasteiger charge is 1.43. The van der Waals surface area contributed by atoms with Gasteiger partial charge in [-0.3, -0.25) is 0 Å². The monoisotopic (exact) mass is 86.1 g/mol. The van der Waals surface area contributed by atoms with Crippen LogP contribution < -0.4 is 0 Å². The second-order valence-corrected chi connectivity index (χ2v) is 0.558. The Morgan fingerprint density at radius 2 is 2.00 bits per heavy atom. The van der Waals surface area contributed by atoms with Crippen molar-refractivity contribution in [2.75, 3.05) is 0 Å². The average molecular weight is 86.2 g/mol. The van der Waals surface area contributed by atoms with Gasteiger partial charge in [0, 0.05) is 6.42 Å². The van der Waals surface area contributed by atoms with Crippen LogP contribution in [0.3, 0.4) is 0 Å². The van der Waals surface area contributed by atoms with E-state index in [-0.39, 0.29) is 11.0 Å². The molecular formula is C4H10Si. The third-order valence-corrected chi connectivity index (χ3v) is 0.204. The van der Waals surface area contributed by atoms with Crippen LogP contribution in [0.5, 0.6) is 0 Å². The molecule has 0 heterocycles. The summed E-state index contributed by atoms with van der Waals surface area (Å²) in [6.07, 6.45) is 5.62. The van der Waals surface area contributed by atoms with Gasteiger partial charge in [-0.1, -0.05) is 6.92 Å². The third kappa shape index (κ3) is 19.8. The number of terminal acetylenes is 1. The van der Waals surface area contributed by atoms with E-state index in [1.165, 1.54) is 0 Å². The number of rotatable bonds is 0. The van der Waals surface area contributed by atoms with Gasteiger partial charge in [0.15, 0.2) is 0 Å². The van der Waals surface area contributed by atoms with Gasteiger partial charge in [0.05, 0.1) is 0 Å². The summed E-state index contributed by atoms with van der Waals surface area (Å²) in [7, 11) is 0. The minimum atomic E-state index is 0. The lowest BCUT2D eigenvalue weighted by Gasteiger charge is -1.52. The van der Waals surface area contributed by atoms with Crippen molar-refractivity contribution in [2.24, 2.45) is 0 Å². The van der Waals surface area contributed by atoms with Crippen LogP contribution in [-0.4, -0.2) is 11.0 Å². The van der Waals surface area contributed by atoms with Crippen LogP contribution in [0.25, 0.3) is 0 Å². The maximum atomic E-state index is 4.78. The molecule has 0 aliphatic carbocycles. The molecule has 0 aromatic rings. The lowest BCUT2D eigenvalue weighted by Crippen LogP contribution is -1.38. The zero-order chi connectivity index (χ0) is 3.41. The molecule has 0 spiro atoms. The largest absolute Gasteiger partial charge is 0.120 e. The zero-order valence-corrected chi connectivity index (χ0v) is 2.78. The summed E-state index contributed by atoms with van der Waals surface area (Å²) in [5.41, 5.74) is 0. The van der Waals surface area contributed by atoms with Gasteiger partial charge in [-0.2, -0.15) is 0 Å². The molecule has 0 aromatic carbocycles. The predicted molar refractivity (Wildman–Crippen MR) is 30.5 cm³/mol. The first-order valence-corrected chi connectivity index (χ1v) is 1.35. The molecule has 0 atom stereocenters. The van der Waals surface area contributed by atoms with Gasteiger partial charge in [-0.25, -0.2) is 0 Å². The Hall–Kier alpha value is -0.223. The van der Waals surface area contributed by atoms with Gasteiger partial charge >= 0.3 is 0 Å². The van der Waals surface area contributed by atoms with Crippen molar-refractivity contribution < 1.29 is 0 Å². The second-order valence-electron chi connectivity index (χ2n) is 0.558. The maximum absolute atomic E-state index is 4.78. The average Bonchev–Trinajstić information content (AvgIpc) is 1.37. The zero-order valence-electron chi connectivity index (χ0n) is 2.78. The summed E-state index contributed by atoms with van der Waals surface area (Å²) in [5.74, 6) is 2.43. The SMILES string of the molecule is C#CCC.[SiH4]. The van der Waals surface area contributed by atoms with Crippen LogP contribution in [0.2, 0.25) is 0 Å². The van der Waals surface area contributed by atoms with E-state index < -0.39 is 0 Å². The van der Waals surface area contributed by atoms with Gasteiger partial charge in [-0.05, 0) is 11.0 Å². The maximum Gasteiger partial charge on any atom is 0.00576 e. The predicted octanol–water partition coefficient (Wildman–Crippen LogP) is -0.422. The summed E-state index contributed by atoms with van der Waals surface area (Å²) in [4.78, 5) is 0. The third-order valence-electron chi connectivity index (χ3n) is 0.204. The molecular weight excluding hydrogens is 76.1 g/mol. The van der Waals surface area contributed by atoms with E-state index in [1.807, 2.05) is 6.92 Å². The molecule has 1 heteroatoms. The highest BCUT2D eigenvalue weighted by atomic mass is 28.1. The van der Waals surface area contributed by atoms with Crippen molar-refractivity contribution in [1.29, 1.82) is 0 Å². The molecule has 0 fully saturated rings. The van der Waals surface area contributed by atoms with Crippen molar-refractivity contribution in [3.8, 4) is 12.3 Å². The minimum absolute atomic E-state index is 0. The van der Waals surface area contributed by atoms with Crippen molar-refractivity contribution in [1.82, 2.24) is 0 Å². The van der Waals surface area contributed by atoms with Crippen molar-refractivity contribution in [3.05, 3.63) is 0 Å². The van der Waals surface area contributed by atoms with Crippen LogP contribution in [0.15, 0.2) is 0 Å². The molecule has 0 radical (unpaired) electrons. The second kappa shape index (κ2) is 9.22. The van der Waals surface area contributed by atoms with Crippen molar-refractivity contribution >= 4 is 11.0 Å². The van der Waals surface area contributed by atoms with Gasteiger partial charge in [0.1, 0.15) is 0 Å². The Labute approximate surface area is 37.6 Å². The summed E-state index contributed by atoms with van der Waals surface area (Å²) >= 11 is 0. The Morgan fingerprint density at radius 1 is 1.80 bits per heavy atom. The smallest absolute Gasteiger partial charge is 0.00576 e. The standard InChI is InChI=1S/C4H6.H4Si/c1-3-4-2;/h1H,4H2,2H3;1H4. The van der Waals surface area contributed by atoms with Crippen LogP contribution in [0.4, 0.5) is 0 Å². The normalized spacial score (nSPS) is 4.00. The molecule has 0 bridgehead atoms. The molecule has 0 rings (SSSR count). The van der Waals surface area contributed by atoms with Crippen LogP contribution >= 0.6 is 0 Å². The van der Waals surface area contributed by atoms with E-state index in [9.17, 15) is 0 Å². The van der Waals surface area contributed by atoms with E-state index in [0.29, 0.717) is 0 Å². The Bertz CT molecular complexity index is 33.4. The Morgan fingerprint density at radius 3 is 2.00 bits per heavy atom. The molecule has 0 aromatic heterocycles. The first kappa shape index (κ1) is 8.84. The topological polar surface area (TPSA) is 0 Å². The van der Waals surface area contributed by atoms with E-state index >= 15 is 0 Å². The molecule has 0 amide bonds. The lowest BCUT2D eigenvalue weighted by atomic mass is 10.5. The number of hydrogen-bond donors (Lipinski definition) is 0. The molecule has 0 N–H and O–H groups in total. The quantitative estimate of drug-likeness (QED) is 0.277. The fourth-order valence-corrected chi connectivity index (χ4v) is 0. The van der Waals surface area contributed by atoms with Crippen LogP contribution in [-0.2, 0) is 0 Å². The highest BCUT2D eigenvalue weighted by molar-refractivity contribution is 5.75. The molecule has 30 valence electrons. The molecule has 0 aliphatic rings. The van der Waals surface area contributed by atoms with Crippen LogP contribution in [0, 0.1) is 12.3 Å².